The molecule has 0 saturated carbocycles. The van der Waals surface area contributed by atoms with E-state index in [2.05, 4.69) is 55.3 Å². The maximum Gasteiger partial charge on any atom is 0.244 e. The molecule has 4 aromatic rings. The highest BCUT2D eigenvalue weighted by atomic mass is 16.2. The van der Waals surface area contributed by atoms with Gasteiger partial charge < -0.3 is 20.9 Å². The number of benzene rings is 1. The summed E-state index contributed by atoms with van der Waals surface area (Å²) in [6.45, 7) is 1.79. The smallest absolute Gasteiger partial charge is 0.244 e. The molecule has 9 nitrogen and oxygen atoms in total. The lowest BCUT2D eigenvalue weighted by Gasteiger charge is -2.16. The molecule has 4 N–H and O–H groups in total. The lowest BCUT2D eigenvalue weighted by atomic mass is 10.1. The molecule has 3 aromatic heterocycles. The van der Waals surface area contributed by atoms with Gasteiger partial charge in [0.2, 0.25) is 11.9 Å². The van der Waals surface area contributed by atoms with Gasteiger partial charge in [-0.15, -0.1) is 0 Å². The number of nitrogens with one attached hydrogen (secondary N) is 4. The Morgan fingerprint density at radius 3 is 3.00 bits per heavy atom. The number of aromatic amines is 1. The van der Waals surface area contributed by atoms with Crippen molar-refractivity contribution in [1.82, 2.24) is 30.0 Å². The lowest BCUT2D eigenvalue weighted by Crippen LogP contribution is -2.27. The predicted octanol–water partition coefficient (Wildman–Crippen LogP) is 3.30. The third-order valence-electron chi connectivity index (χ3n) is 5.74. The van der Waals surface area contributed by atoms with E-state index in [1.54, 1.807) is 31.0 Å². The van der Waals surface area contributed by atoms with Gasteiger partial charge >= 0.3 is 0 Å². The van der Waals surface area contributed by atoms with Crippen LogP contribution < -0.4 is 16.0 Å². The molecule has 0 spiro atoms. The van der Waals surface area contributed by atoms with Crippen molar-refractivity contribution >= 4 is 34.4 Å². The fraction of sp³-hybridized carbons (Fsp3) is 0.273. The summed E-state index contributed by atoms with van der Waals surface area (Å²) < 4.78 is 1.60. The molecule has 9 heteroatoms. The van der Waals surface area contributed by atoms with Crippen molar-refractivity contribution in [3.63, 3.8) is 0 Å². The maximum absolute atomic E-state index is 11.9. The minimum Gasteiger partial charge on any atom is -0.363 e. The zero-order valence-corrected chi connectivity index (χ0v) is 17.4. The second kappa shape index (κ2) is 7.75. The van der Waals surface area contributed by atoms with Crippen molar-refractivity contribution in [2.24, 2.45) is 0 Å². The monoisotopic (exact) mass is 416 g/mol. The molecule has 2 atom stereocenters. The number of aryl methyl sites for hydroxylation is 1. The molecule has 2 unspecified atom stereocenters. The van der Waals surface area contributed by atoms with Crippen LogP contribution in [-0.2, 0) is 11.2 Å². The molecule has 3 heterocycles. The summed E-state index contributed by atoms with van der Waals surface area (Å²) in [5.41, 5.74) is 4.16. The van der Waals surface area contributed by atoms with Crippen molar-refractivity contribution in [1.29, 1.82) is 0 Å². The Morgan fingerprint density at radius 1 is 1.26 bits per heavy atom. The molecule has 1 aliphatic rings. The summed E-state index contributed by atoms with van der Waals surface area (Å²) in [4.78, 5) is 24.4. The second-order valence-corrected chi connectivity index (χ2v) is 7.69. The van der Waals surface area contributed by atoms with Crippen LogP contribution in [-0.4, -0.2) is 37.7 Å². The van der Waals surface area contributed by atoms with E-state index in [1.165, 1.54) is 11.1 Å². The van der Waals surface area contributed by atoms with E-state index in [0.717, 1.165) is 29.7 Å². The molecular formula is C22H24N8O. The van der Waals surface area contributed by atoms with Crippen LogP contribution in [0.1, 0.15) is 36.6 Å². The molecule has 1 aromatic carbocycles. The number of aromatic nitrogens is 5. The lowest BCUT2D eigenvalue weighted by molar-refractivity contribution is -0.123. The van der Waals surface area contributed by atoms with Crippen LogP contribution in [0.15, 0.2) is 48.9 Å². The zero-order valence-electron chi connectivity index (χ0n) is 17.4. The van der Waals surface area contributed by atoms with Gasteiger partial charge in [0.15, 0.2) is 0 Å². The predicted molar refractivity (Wildman–Crippen MR) is 119 cm³/mol. The van der Waals surface area contributed by atoms with Gasteiger partial charge in [0.25, 0.3) is 0 Å². The first-order chi connectivity index (χ1) is 15.1. The van der Waals surface area contributed by atoms with Gasteiger partial charge in [0, 0.05) is 19.4 Å². The summed E-state index contributed by atoms with van der Waals surface area (Å²) in [6, 6.07) is 10.3. The van der Waals surface area contributed by atoms with Crippen LogP contribution in [0.2, 0.25) is 0 Å². The summed E-state index contributed by atoms with van der Waals surface area (Å²) in [6.07, 6.45) is 7.37. The van der Waals surface area contributed by atoms with Gasteiger partial charge in [0.1, 0.15) is 17.5 Å². The maximum atomic E-state index is 11.9. The Labute approximate surface area is 179 Å². The van der Waals surface area contributed by atoms with Crippen molar-refractivity contribution in [3.05, 3.63) is 60.0 Å². The van der Waals surface area contributed by atoms with Gasteiger partial charge in [-0.1, -0.05) is 24.3 Å². The molecule has 0 bridgehead atoms. The number of nitrogens with zero attached hydrogens (tertiary/aromatic N) is 4. The molecule has 0 radical (unpaired) electrons. The third-order valence-corrected chi connectivity index (χ3v) is 5.74. The highest BCUT2D eigenvalue weighted by Crippen LogP contribution is 2.35. The van der Waals surface area contributed by atoms with Gasteiger partial charge in [-0.25, -0.2) is 0 Å². The fourth-order valence-corrected chi connectivity index (χ4v) is 4.05. The first-order valence-electron chi connectivity index (χ1n) is 10.3. The second-order valence-electron chi connectivity index (χ2n) is 7.69. The number of H-pyrrole nitrogens is 1. The average Bonchev–Trinajstić information content (AvgIpc) is 3.53. The van der Waals surface area contributed by atoms with Crippen LogP contribution >= 0.6 is 0 Å². The number of hydrogen-bond donors (Lipinski definition) is 4. The Balaban J connectivity index is 1.41. The Kier molecular flexibility index (Phi) is 4.78. The molecule has 5 rings (SSSR count). The van der Waals surface area contributed by atoms with E-state index in [-0.39, 0.29) is 11.9 Å². The minimum absolute atomic E-state index is 0.109. The quantitative estimate of drug-likeness (QED) is 0.384. The van der Waals surface area contributed by atoms with E-state index in [9.17, 15) is 4.79 Å². The summed E-state index contributed by atoms with van der Waals surface area (Å²) >= 11 is 0. The standard InChI is InChI=1S/C22H24N8O/c1-13(21(31)23-2)30-12-15(11-25-30)26-22-28-19-17(9-10-24-19)20(29-22)27-18-8-7-14-5-3-4-6-16(14)18/h3-6,9-13,18H,7-8H2,1-2H3,(H,23,31)(H3,24,26,27,28,29). The molecule has 158 valence electrons. The topological polar surface area (TPSA) is 113 Å². The summed E-state index contributed by atoms with van der Waals surface area (Å²) in [5.74, 6) is 1.12. The third kappa shape index (κ3) is 3.58. The highest BCUT2D eigenvalue weighted by molar-refractivity contribution is 5.88. The van der Waals surface area contributed by atoms with Gasteiger partial charge in [-0.05, 0) is 37.0 Å². The number of anilines is 3. The van der Waals surface area contributed by atoms with Crippen molar-refractivity contribution in [2.45, 2.75) is 31.8 Å². The van der Waals surface area contributed by atoms with E-state index < -0.39 is 6.04 Å². The number of rotatable bonds is 6. The number of carbonyl (C=O) groups excluding carboxylic acids is 1. The molecule has 0 aliphatic heterocycles. The molecule has 1 aliphatic carbocycles. The van der Waals surface area contributed by atoms with Crippen LogP contribution in [0.25, 0.3) is 11.0 Å². The van der Waals surface area contributed by atoms with E-state index >= 15 is 0 Å². The molecule has 0 fully saturated rings. The SMILES string of the molecule is CNC(=O)C(C)n1cc(Nc2nc(NC3CCc4ccccc43)c3cc[nH]c3n2)cn1. The summed E-state index contributed by atoms with van der Waals surface area (Å²) in [5, 5.41) is 14.7. The number of fused-ring (bicyclic) bond motifs is 2. The first kappa shape index (κ1) is 19.1. The Bertz CT molecular complexity index is 1240. The van der Waals surface area contributed by atoms with Crippen LogP contribution in [0.5, 0.6) is 0 Å². The van der Waals surface area contributed by atoms with E-state index in [4.69, 9.17) is 4.98 Å². The normalized spacial score (nSPS) is 16.1. The van der Waals surface area contributed by atoms with Gasteiger partial charge in [-0.2, -0.15) is 15.1 Å². The average molecular weight is 416 g/mol. The van der Waals surface area contributed by atoms with Crippen molar-refractivity contribution in [2.75, 3.05) is 17.7 Å². The first-order valence-corrected chi connectivity index (χ1v) is 10.3. The van der Waals surface area contributed by atoms with Crippen LogP contribution in [0.4, 0.5) is 17.5 Å². The van der Waals surface area contributed by atoms with Crippen molar-refractivity contribution < 1.29 is 4.79 Å². The van der Waals surface area contributed by atoms with Crippen molar-refractivity contribution in [3.8, 4) is 0 Å². The largest absolute Gasteiger partial charge is 0.363 e. The van der Waals surface area contributed by atoms with E-state index in [0.29, 0.717) is 11.6 Å². The molecule has 0 saturated heterocycles. The van der Waals surface area contributed by atoms with Gasteiger partial charge in [0.05, 0.1) is 23.3 Å². The number of amides is 1. The summed E-state index contributed by atoms with van der Waals surface area (Å²) in [7, 11) is 1.61. The molecule has 1 amide bonds. The van der Waals surface area contributed by atoms with Crippen LogP contribution in [0.3, 0.4) is 0 Å². The Morgan fingerprint density at radius 2 is 2.13 bits per heavy atom. The van der Waals surface area contributed by atoms with Crippen LogP contribution in [0, 0.1) is 0 Å². The number of hydrogen-bond acceptors (Lipinski definition) is 6. The highest BCUT2D eigenvalue weighted by Gasteiger charge is 2.23. The zero-order chi connectivity index (χ0) is 21.4. The fourth-order valence-electron chi connectivity index (χ4n) is 4.05. The van der Waals surface area contributed by atoms with Gasteiger partial charge in [-0.3, -0.25) is 9.48 Å². The van der Waals surface area contributed by atoms with E-state index in [1.807, 2.05) is 12.3 Å². The minimum atomic E-state index is -0.410. The molecule has 31 heavy (non-hydrogen) atoms. The Hall–Kier alpha value is -3.88. The molecular weight excluding hydrogens is 392 g/mol. The number of likely N-dealkylation sites (N-methyl/N-ethyl adjacent to an activating group) is 1. The number of carbonyl (C=O) groups is 1.